The minimum atomic E-state index is -3.11. The number of sulfonamides is 1. The van der Waals surface area contributed by atoms with Crippen LogP contribution in [0.1, 0.15) is 69.1 Å². The van der Waals surface area contributed by atoms with Gasteiger partial charge in [-0.15, -0.1) is 11.3 Å². The number of nitrogens with zero attached hydrogens (tertiary/aromatic N) is 4. The number of nitrogens with one attached hydrogen (secondary N) is 1. The molecule has 32 heavy (non-hydrogen) atoms. The van der Waals surface area contributed by atoms with Gasteiger partial charge < -0.3 is 4.90 Å². The molecule has 0 aromatic carbocycles. The number of hydrogen-bond acceptors (Lipinski definition) is 6. The molecule has 2 aliphatic carbocycles. The van der Waals surface area contributed by atoms with Gasteiger partial charge in [-0.05, 0) is 25.7 Å². The van der Waals surface area contributed by atoms with Crippen LogP contribution >= 0.6 is 11.3 Å². The lowest BCUT2D eigenvalue weighted by Gasteiger charge is -2.41. The molecule has 2 heterocycles. The van der Waals surface area contributed by atoms with Crippen molar-refractivity contribution in [2.24, 2.45) is 0 Å². The van der Waals surface area contributed by atoms with Gasteiger partial charge in [0.2, 0.25) is 10.0 Å². The zero-order chi connectivity index (χ0) is 22.6. The molecular formula is C22H37N5O3S2. The minimum absolute atomic E-state index is 0.0199. The molecule has 180 valence electrons. The molecule has 1 saturated heterocycles. The Morgan fingerprint density at radius 1 is 1.03 bits per heavy atom. The predicted molar refractivity (Wildman–Crippen MR) is 128 cm³/mol. The van der Waals surface area contributed by atoms with Crippen molar-refractivity contribution in [1.82, 2.24) is 19.1 Å². The third-order valence-electron chi connectivity index (χ3n) is 7.12. The van der Waals surface area contributed by atoms with Gasteiger partial charge in [0.1, 0.15) is 0 Å². The number of rotatable bonds is 6. The maximum absolute atomic E-state index is 13.3. The summed E-state index contributed by atoms with van der Waals surface area (Å²) in [4.78, 5) is 23.3. The Bertz CT molecular complexity index is 837. The lowest BCUT2D eigenvalue weighted by molar-refractivity contribution is 0.114. The van der Waals surface area contributed by atoms with Gasteiger partial charge >= 0.3 is 6.03 Å². The first-order valence-corrected chi connectivity index (χ1v) is 14.8. The maximum Gasteiger partial charge on any atom is 0.324 e. The maximum atomic E-state index is 13.3. The van der Waals surface area contributed by atoms with Crippen molar-refractivity contribution in [3.63, 3.8) is 0 Å². The number of amides is 2. The second-order valence-corrected chi connectivity index (χ2v) is 12.6. The van der Waals surface area contributed by atoms with Crippen molar-refractivity contribution in [3.05, 3.63) is 11.1 Å². The van der Waals surface area contributed by atoms with Crippen molar-refractivity contribution in [2.75, 3.05) is 37.8 Å². The first kappa shape index (κ1) is 23.9. The summed E-state index contributed by atoms with van der Waals surface area (Å²) in [5.74, 6) is 0. The second-order valence-electron chi connectivity index (χ2n) is 9.49. The Morgan fingerprint density at radius 3 is 2.12 bits per heavy atom. The number of anilines is 1. The largest absolute Gasteiger partial charge is 0.324 e. The van der Waals surface area contributed by atoms with E-state index >= 15 is 0 Å². The highest BCUT2D eigenvalue weighted by molar-refractivity contribution is 7.88. The van der Waals surface area contributed by atoms with Crippen molar-refractivity contribution in [2.45, 2.75) is 82.8 Å². The first-order valence-electron chi connectivity index (χ1n) is 12.1. The number of piperazine rings is 1. The molecule has 0 unspecified atom stereocenters. The average Bonchev–Trinajstić information content (AvgIpc) is 3.22. The molecule has 2 saturated carbocycles. The van der Waals surface area contributed by atoms with E-state index in [4.69, 9.17) is 0 Å². The monoisotopic (exact) mass is 483 g/mol. The molecule has 3 aliphatic rings. The summed E-state index contributed by atoms with van der Waals surface area (Å²) in [6.07, 6.45) is 15.0. The van der Waals surface area contributed by atoms with E-state index in [0.29, 0.717) is 43.4 Å². The number of urea groups is 1. The molecule has 0 bridgehead atoms. The minimum Gasteiger partial charge on any atom is -0.319 e. The summed E-state index contributed by atoms with van der Waals surface area (Å²) in [6, 6.07) is 0.737. The summed E-state index contributed by atoms with van der Waals surface area (Å²) in [5.41, 5.74) is 0. The van der Waals surface area contributed by atoms with Gasteiger partial charge in [-0.25, -0.2) is 18.2 Å². The Balaban J connectivity index is 1.34. The van der Waals surface area contributed by atoms with E-state index < -0.39 is 10.0 Å². The Labute approximate surface area is 196 Å². The molecule has 10 heteroatoms. The molecule has 0 radical (unpaired) electrons. The van der Waals surface area contributed by atoms with Crippen LogP contribution in [0.5, 0.6) is 0 Å². The van der Waals surface area contributed by atoms with Crippen molar-refractivity contribution in [1.29, 1.82) is 0 Å². The number of aromatic nitrogens is 1. The van der Waals surface area contributed by atoms with E-state index in [1.54, 1.807) is 0 Å². The van der Waals surface area contributed by atoms with Gasteiger partial charge in [0.25, 0.3) is 0 Å². The van der Waals surface area contributed by atoms with Gasteiger partial charge in [0, 0.05) is 55.9 Å². The van der Waals surface area contributed by atoms with E-state index in [9.17, 15) is 13.2 Å². The van der Waals surface area contributed by atoms with Crippen LogP contribution in [-0.2, 0) is 16.6 Å². The highest BCUT2D eigenvalue weighted by atomic mass is 32.2. The van der Waals surface area contributed by atoms with Crippen LogP contribution < -0.4 is 5.32 Å². The van der Waals surface area contributed by atoms with E-state index in [2.05, 4.69) is 20.1 Å². The molecule has 8 nitrogen and oxygen atoms in total. The number of carbonyl (C=O) groups excluding carboxylic acids is 1. The normalized spacial score (nSPS) is 22.7. The van der Waals surface area contributed by atoms with Gasteiger partial charge in [-0.1, -0.05) is 38.5 Å². The van der Waals surface area contributed by atoms with Gasteiger partial charge in [-0.2, -0.15) is 4.31 Å². The van der Waals surface area contributed by atoms with Crippen LogP contribution in [0.25, 0.3) is 0 Å². The van der Waals surface area contributed by atoms with Crippen molar-refractivity contribution >= 4 is 32.5 Å². The molecule has 1 N–H and O–H groups in total. The van der Waals surface area contributed by atoms with E-state index in [-0.39, 0.29) is 6.03 Å². The molecule has 0 atom stereocenters. The second kappa shape index (κ2) is 10.8. The van der Waals surface area contributed by atoms with Crippen LogP contribution in [0.15, 0.2) is 6.20 Å². The molecule has 1 aliphatic heterocycles. The summed E-state index contributed by atoms with van der Waals surface area (Å²) < 4.78 is 24.9. The fourth-order valence-corrected chi connectivity index (χ4v) is 7.05. The summed E-state index contributed by atoms with van der Waals surface area (Å²) >= 11 is 1.53. The number of thiazole rings is 1. The fourth-order valence-electron chi connectivity index (χ4n) is 5.38. The van der Waals surface area contributed by atoms with Gasteiger partial charge in [0.05, 0.1) is 6.26 Å². The SMILES string of the molecule is CS(=O)(=O)N1CCN(Cc2cnc(NC(=O)N(C3CCCCC3)C3CCCCC3)s2)CC1. The molecule has 1 aromatic rings. The van der Waals surface area contributed by atoms with Crippen molar-refractivity contribution < 1.29 is 13.2 Å². The molecule has 3 fully saturated rings. The lowest BCUT2D eigenvalue weighted by atomic mass is 9.89. The third-order valence-corrected chi connectivity index (χ3v) is 9.32. The molecule has 4 rings (SSSR count). The average molecular weight is 484 g/mol. The Kier molecular flexibility index (Phi) is 8.07. The quantitative estimate of drug-likeness (QED) is 0.666. The Morgan fingerprint density at radius 2 is 1.59 bits per heavy atom. The van der Waals surface area contributed by atoms with Gasteiger partial charge in [0.15, 0.2) is 5.13 Å². The molecule has 0 spiro atoms. The smallest absolute Gasteiger partial charge is 0.319 e. The fraction of sp³-hybridized carbons (Fsp3) is 0.818. The van der Waals surface area contributed by atoms with Crippen LogP contribution in [-0.4, -0.2) is 78.1 Å². The molecular weight excluding hydrogens is 446 g/mol. The van der Waals surface area contributed by atoms with Crippen LogP contribution in [0.3, 0.4) is 0 Å². The zero-order valence-corrected chi connectivity index (χ0v) is 20.8. The lowest BCUT2D eigenvalue weighted by Crippen LogP contribution is -2.50. The molecule has 1 aromatic heterocycles. The van der Waals surface area contributed by atoms with Gasteiger partial charge in [-0.3, -0.25) is 10.2 Å². The standard InChI is InChI=1S/C22H37N5O3S2/c1-32(29,30)26-14-12-25(13-15-26)17-20-16-23-21(31-20)24-22(28)27(18-8-4-2-5-9-18)19-10-6-3-7-11-19/h16,18-19H,2-15,17H2,1H3,(H,23,24,28). The number of carbonyl (C=O) groups is 1. The Hall–Kier alpha value is -1.23. The predicted octanol–water partition coefficient (Wildman–Crippen LogP) is 3.72. The zero-order valence-electron chi connectivity index (χ0n) is 19.2. The third kappa shape index (κ3) is 6.21. The summed E-state index contributed by atoms with van der Waals surface area (Å²) in [6.45, 7) is 3.21. The van der Waals surface area contributed by atoms with E-state index in [0.717, 1.165) is 37.1 Å². The number of hydrogen-bond donors (Lipinski definition) is 1. The van der Waals surface area contributed by atoms with Crippen molar-refractivity contribution in [3.8, 4) is 0 Å². The first-order chi connectivity index (χ1) is 15.4. The van der Waals surface area contributed by atoms with E-state index in [1.165, 1.54) is 60.4 Å². The van der Waals surface area contributed by atoms with Crippen LogP contribution in [0.4, 0.5) is 9.93 Å². The highest BCUT2D eigenvalue weighted by Gasteiger charge is 2.33. The topological polar surface area (TPSA) is 85.9 Å². The summed E-state index contributed by atoms with van der Waals surface area (Å²) in [5, 5.41) is 3.77. The highest BCUT2D eigenvalue weighted by Crippen LogP contribution is 2.31. The summed E-state index contributed by atoms with van der Waals surface area (Å²) in [7, 11) is -3.11. The van der Waals surface area contributed by atoms with Crippen LogP contribution in [0, 0.1) is 0 Å². The van der Waals surface area contributed by atoms with E-state index in [1.807, 2.05) is 6.20 Å². The van der Waals surface area contributed by atoms with Crippen LogP contribution in [0.2, 0.25) is 0 Å². The molecule has 2 amide bonds.